The van der Waals surface area contributed by atoms with Gasteiger partial charge in [-0.3, -0.25) is 9.59 Å². The predicted molar refractivity (Wildman–Crippen MR) is 70.8 cm³/mol. The average molecular weight is 255 g/mol. The maximum absolute atomic E-state index is 12.2. The molecule has 18 heavy (non-hydrogen) atoms. The van der Waals surface area contributed by atoms with Crippen molar-refractivity contribution in [3.63, 3.8) is 0 Å². The minimum absolute atomic E-state index is 0.0324. The molecule has 0 aromatic heterocycles. The van der Waals surface area contributed by atoms with E-state index in [4.69, 9.17) is 5.73 Å². The van der Waals surface area contributed by atoms with E-state index in [9.17, 15) is 9.59 Å². The summed E-state index contributed by atoms with van der Waals surface area (Å²) in [6.45, 7) is 2.29. The molecule has 1 fully saturated rings. The molecule has 0 radical (unpaired) electrons. The Morgan fingerprint density at radius 1 is 1.44 bits per heavy atom. The van der Waals surface area contributed by atoms with Crippen LogP contribution >= 0.6 is 0 Å². The number of nitrogens with two attached hydrogens (primary N) is 1. The fourth-order valence-corrected chi connectivity index (χ4v) is 2.59. The zero-order valence-corrected chi connectivity index (χ0v) is 11.6. The molecule has 3 atom stereocenters. The third-order valence-electron chi connectivity index (χ3n) is 3.68. The van der Waals surface area contributed by atoms with Gasteiger partial charge >= 0.3 is 0 Å². The number of rotatable bonds is 4. The summed E-state index contributed by atoms with van der Waals surface area (Å²) < 4.78 is 0. The Hall–Kier alpha value is -1.10. The molecule has 0 aromatic carbocycles. The monoisotopic (exact) mass is 255 g/mol. The van der Waals surface area contributed by atoms with E-state index in [2.05, 4.69) is 5.32 Å². The van der Waals surface area contributed by atoms with Gasteiger partial charge in [0.05, 0.1) is 5.92 Å². The number of hydrogen-bond donors (Lipinski definition) is 2. The predicted octanol–water partition coefficient (Wildman–Crippen LogP) is 0.344. The molecule has 0 aliphatic heterocycles. The summed E-state index contributed by atoms with van der Waals surface area (Å²) in [6.07, 6.45) is 3.74. The van der Waals surface area contributed by atoms with E-state index in [0.717, 1.165) is 25.7 Å². The molecule has 1 saturated carbocycles. The van der Waals surface area contributed by atoms with Gasteiger partial charge in [0.25, 0.3) is 0 Å². The van der Waals surface area contributed by atoms with Gasteiger partial charge in [-0.2, -0.15) is 0 Å². The number of carbonyl (C=O) groups is 2. The van der Waals surface area contributed by atoms with Gasteiger partial charge in [0.1, 0.15) is 0 Å². The lowest BCUT2D eigenvalue weighted by molar-refractivity contribution is -0.136. The summed E-state index contributed by atoms with van der Waals surface area (Å²) in [6, 6.07) is 0.150. The molecule has 0 bridgehead atoms. The second kappa shape index (κ2) is 6.73. The standard InChI is InChI=1S/C13H25N3O2/c1-9(12(17)15-2)8-16(3)13(18)10-5-4-6-11(14)7-10/h9-11H,4-8,14H2,1-3H3,(H,15,17). The van der Waals surface area contributed by atoms with Crippen molar-refractivity contribution in [1.29, 1.82) is 0 Å². The molecule has 0 spiro atoms. The zero-order valence-electron chi connectivity index (χ0n) is 11.6. The van der Waals surface area contributed by atoms with Crippen molar-refractivity contribution in [2.24, 2.45) is 17.6 Å². The lowest BCUT2D eigenvalue weighted by atomic mass is 9.85. The Bertz CT molecular complexity index is 307. The summed E-state index contributed by atoms with van der Waals surface area (Å²) in [4.78, 5) is 25.3. The van der Waals surface area contributed by atoms with E-state index < -0.39 is 0 Å². The molecule has 0 saturated heterocycles. The molecule has 1 rings (SSSR count). The molecular weight excluding hydrogens is 230 g/mol. The van der Waals surface area contributed by atoms with Crippen molar-refractivity contribution in [2.75, 3.05) is 20.6 Å². The van der Waals surface area contributed by atoms with Crippen LogP contribution in [0.2, 0.25) is 0 Å². The molecule has 5 heteroatoms. The molecule has 104 valence electrons. The highest BCUT2D eigenvalue weighted by molar-refractivity contribution is 5.81. The van der Waals surface area contributed by atoms with Gasteiger partial charge in [-0.25, -0.2) is 0 Å². The number of amides is 2. The fraction of sp³-hybridized carbons (Fsp3) is 0.846. The molecule has 1 aliphatic carbocycles. The second-order valence-corrected chi connectivity index (χ2v) is 5.36. The van der Waals surface area contributed by atoms with Crippen LogP contribution in [0.1, 0.15) is 32.6 Å². The van der Waals surface area contributed by atoms with Gasteiger partial charge in [-0.15, -0.1) is 0 Å². The van der Waals surface area contributed by atoms with E-state index in [-0.39, 0.29) is 29.7 Å². The molecule has 0 aromatic rings. The second-order valence-electron chi connectivity index (χ2n) is 5.36. The Labute approximate surface area is 109 Å². The van der Waals surface area contributed by atoms with Crippen molar-refractivity contribution in [1.82, 2.24) is 10.2 Å². The normalized spacial score (nSPS) is 25.3. The van der Waals surface area contributed by atoms with E-state index in [1.54, 1.807) is 19.0 Å². The van der Waals surface area contributed by atoms with E-state index in [1.807, 2.05) is 6.92 Å². The molecular formula is C13H25N3O2. The topological polar surface area (TPSA) is 75.4 Å². The number of hydrogen-bond acceptors (Lipinski definition) is 3. The third-order valence-corrected chi connectivity index (χ3v) is 3.68. The van der Waals surface area contributed by atoms with Crippen molar-refractivity contribution >= 4 is 11.8 Å². The van der Waals surface area contributed by atoms with Crippen LogP contribution in [0.4, 0.5) is 0 Å². The van der Waals surface area contributed by atoms with E-state index in [0.29, 0.717) is 6.54 Å². The first kappa shape index (κ1) is 15.0. The molecule has 5 nitrogen and oxygen atoms in total. The first-order chi connectivity index (χ1) is 8.45. The summed E-state index contributed by atoms with van der Waals surface area (Å²) in [5.74, 6) is -0.0484. The lowest BCUT2D eigenvalue weighted by Crippen LogP contribution is -2.42. The SMILES string of the molecule is CNC(=O)C(C)CN(C)C(=O)C1CCCC(N)C1. The fourth-order valence-electron chi connectivity index (χ4n) is 2.59. The Kier molecular flexibility index (Phi) is 5.59. The van der Waals surface area contributed by atoms with Crippen molar-refractivity contribution < 1.29 is 9.59 Å². The van der Waals surface area contributed by atoms with Crippen LogP contribution < -0.4 is 11.1 Å². The number of carbonyl (C=O) groups excluding carboxylic acids is 2. The Balaban J connectivity index is 2.47. The van der Waals surface area contributed by atoms with Crippen LogP contribution in [-0.4, -0.2) is 43.4 Å². The lowest BCUT2D eigenvalue weighted by Gasteiger charge is -2.30. The number of nitrogens with zero attached hydrogens (tertiary/aromatic N) is 1. The summed E-state index contributed by atoms with van der Waals surface area (Å²) >= 11 is 0. The molecule has 2 amide bonds. The van der Waals surface area contributed by atoms with Gasteiger partial charge in [0.15, 0.2) is 0 Å². The minimum atomic E-state index is -0.179. The van der Waals surface area contributed by atoms with Crippen LogP contribution in [0.15, 0.2) is 0 Å². The maximum atomic E-state index is 12.2. The van der Waals surface area contributed by atoms with Crippen LogP contribution in [0.25, 0.3) is 0 Å². The Morgan fingerprint density at radius 2 is 2.11 bits per heavy atom. The third kappa shape index (κ3) is 3.98. The number of nitrogens with one attached hydrogen (secondary N) is 1. The van der Waals surface area contributed by atoms with Crippen molar-refractivity contribution in [2.45, 2.75) is 38.6 Å². The zero-order chi connectivity index (χ0) is 13.7. The molecule has 0 heterocycles. The van der Waals surface area contributed by atoms with Gasteiger partial charge in [0.2, 0.25) is 11.8 Å². The highest BCUT2D eigenvalue weighted by atomic mass is 16.2. The van der Waals surface area contributed by atoms with Gasteiger partial charge in [-0.1, -0.05) is 13.3 Å². The highest BCUT2D eigenvalue weighted by Gasteiger charge is 2.28. The largest absolute Gasteiger partial charge is 0.359 e. The molecule has 1 aliphatic rings. The van der Waals surface area contributed by atoms with Gasteiger partial charge in [0, 0.05) is 32.6 Å². The minimum Gasteiger partial charge on any atom is -0.359 e. The summed E-state index contributed by atoms with van der Waals surface area (Å²) in [5.41, 5.74) is 5.90. The van der Waals surface area contributed by atoms with E-state index >= 15 is 0 Å². The molecule has 3 N–H and O–H groups in total. The maximum Gasteiger partial charge on any atom is 0.225 e. The quantitative estimate of drug-likeness (QED) is 0.761. The van der Waals surface area contributed by atoms with Gasteiger partial charge < -0.3 is 16.0 Å². The average Bonchev–Trinajstić information content (AvgIpc) is 2.36. The first-order valence-electron chi connectivity index (χ1n) is 6.67. The Morgan fingerprint density at radius 3 is 2.67 bits per heavy atom. The van der Waals surface area contributed by atoms with Crippen LogP contribution in [-0.2, 0) is 9.59 Å². The van der Waals surface area contributed by atoms with Gasteiger partial charge in [-0.05, 0) is 19.3 Å². The molecule has 3 unspecified atom stereocenters. The van der Waals surface area contributed by atoms with Crippen LogP contribution in [0.3, 0.4) is 0 Å². The summed E-state index contributed by atoms with van der Waals surface area (Å²) in [5, 5.41) is 2.60. The summed E-state index contributed by atoms with van der Waals surface area (Å²) in [7, 11) is 3.38. The van der Waals surface area contributed by atoms with Crippen molar-refractivity contribution in [3.05, 3.63) is 0 Å². The first-order valence-corrected chi connectivity index (χ1v) is 6.67. The van der Waals surface area contributed by atoms with E-state index in [1.165, 1.54) is 0 Å². The van der Waals surface area contributed by atoms with Crippen LogP contribution in [0.5, 0.6) is 0 Å². The smallest absolute Gasteiger partial charge is 0.225 e. The van der Waals surface area contributed by atoms with Crippen LogP contribution in [0, 0.1) is 11.8 Å². The van der Waals surface area contributed by atoms with Crippen molar-refractivity contribution in [3.8, 4) is 0 Å². The highest BCUT2D eigenvalue weighted by Crippen LogP contribution is 2.24.